The molecule has 2 aromatic heterocycles. The summed E-state index contributed by atoms with van der Waals surface area (Å²) >= 11 is 0. The first-order chi connectivity index (χ1) is 17.4. The summed E-state index contributed by atoms with van der Waals surface area (Å²) in [4.78, 5) is 26.6. The molecule has 0 amide bonds. The molecule has 0 saturated carbocycles. The van der Waals surface area contributed by atoms with E-state index in [-0.39, 0.29) is 18.0 Å². The van der Waals surface area contributed by atoms with Crippen molar-refractivity contribution in [1.29, 1.82) is 0 Å². The summed E-state index contributed by atoms with van der Waals surface area (Å²) in [5.74, 6) is 0.161. The molecule has 2 aromatic carbocycles. The second-order valence-electron chi connectivity index (χ2n) is 9.26. The van der Waals surface area contributed by atoms with Crippen LogP contribution in [0.2, 0.25) is 0 Å². The minimum absolute atomic E-state index is 0.0764. The molecule has 1 fully saturated rings. The Labute approximate surface area is 209 Å². The third-order valence-corrected chi connectivity index (χ3v) is 6.97. The van der Waals surface area contributed by atoms with Crippen molar-refractivity contribution < 1.29 is 14.3 Å². The third-order valence-electron chi connectivity index (χ3n) is 6.97. The first-order valence-corrected chi connectivity index (χ1v) is 12.1. The van der Waals surface area contributed by atoms with Crippen molar-refractivity contribution in [3.05, 3.63) is 78.1 Å². The van der Waals surface area contributed by atoms with Crippen LogP contribution in [0.5, 0.6) is 0 Å². The number of hydrogen-bond donors (Lipinski definition) is 2. The van der Waals surface area contributed by atoms with E-state index in [2.05, 4.69) is 27.2 Å². The zero-order valence-corrected chi connectivity index (χ0v) is 20.6. The van der Waals surface area contributed by atoms with Crippen LogP contribution in [-0.2, 0) is 16.0 Å². The highest BCUT2D eigenvalue weighted by atomic mass is 16.6. The number of nitrogens with zero attached hydrogens (tertiary/aromatic N) is 4. The van der Waals surface area contributed by atoms with Crippen LogP contribution >= 0.6 is 0 Å². The summed E-state index contributed by atoms with van der Waals surface area (Å²) in [5.41, 5.74) is 7.78. The number of fused-ring (bicyclic) bond motifs is 1. The van der Waals surface area contributed by atoms with Gasteiger partial charge in [-0.25, -0.2) is 9.78 Å². The van der Waals surface area contributed by atoms with Crippen LogP contribution in [-0.4, -0.2) is 37.2 Å². The number of nitrogen functional groups attached to an aromatic ring is 1. The fourth-order valence-corrected chi connectivity index (χ4v) is 4.79. The van der Waals surface area contributed by atoms with Crippen LogP contribution in [0, 0.1) is 5.92 Å². The van der Waals surface area contributed by atoms with Crippen LogP contribution in [0.3, 0.4) is 0 Å². The summed E-state index contributed by atoms with van der Waals surface area (Å²) in [6.07, 6.45) is 1.66. The number of ether oxygens (including phenoxy) is 2. The van der Waals surface area contributed by atoms with Crippen LogP contribution in [0.4, 0.5) is 11.8 Å². The maximum Gasteiger partial charge on any atom is 0.338 e. The zero-order chi connectivity index (χ0) is 25.3. The molecule has 3 heterocycles. The Kier molecular flexibility index (Phi) is 6.32. The molecule has 3 N–H and O–H groups in total. The summed E-state index contributed by atoms with van der Waals surface area (Å²) in [5, 5.41) is 3.32. The highest BCUT2D eigenvalue weighted by Crippen LogP contribution is 2.47. The Morgan fingerprint density at radius 3 is 2.53 bits per heavy atom. The van der Waals surface area contributed by atoms with Crippen molar-refractivity contribution in [2.45, 2.75) is 51.7 Å². The van der Waals surface area contributed by atoms with Gasteiger partial charge in [-0.15, -0.1) is 0 Å². The molecule has 36 heavy (non-hydrogen) atoms. The lowest BCUT2D eigenvalue weighted by atomic mass is 9.86. The van der Waals surface area contributed by atoms with E-state index in [1.807, 2.05) is 62.4 Å². The first-order valence-electron chi connectivity index (χ1n) is 12.1. The molecular formula is C27H30N6O3. The van der Waals surface area contributed by atoms with E-state index in [4.69, 9.17) is 15.2 Å². The number of carbonyl (C=O) groups is 1. The van der Waals surface area contributed by atoms with Crippen LogP contribution < -0.4 is 11.1 Å². The lowest BCUT2D eigenvalue weighted by molar-refractivity contribution is -0.0947. The van der Waals surface area contributed by atoms with E-state index in [1.165, 1.54) is 0 Å². The standard InChI is InChI=1S/C27H30N6O3/c1-4-20-17(2)27(3,36-24(34)19-13-9-6-10-14-19)25(35-20)33-16-30-21-22(31-26(28)32-23(21)33)29-15-18-11-7-5-8-12-18/h5-14,16-17,20,25H,4,15H2,1-3H3,(H3,28,29,31,32)/t17-,20-,25-,27-/m1/s1. The van der Waals surface area contributed by atoms with Crippen molar-refractivity contribution >= 4 is 28.9 Å². The molecule has 186 valence electrons. The first kappa shape index (κ1) is 23.7. The van der Waals surface area contributed by atoms with Gasteiger partial charge >= 0.3 is 5.97 Å². The predicted octanol–water partition coefficient (Wildman–Crippen LogP) is 4.58. The van der Waals surface area contributed by atoms with Crippen molar-refractivity contribution in [3.63, 3.8) is 0 Å². The van der Waals surface area contributed by atoms with E-state index in [0.29, 0.717) is 29.1 Å². The molecule has 0 unspecified atom stereocenters. The van der Waals surface area contributed by atoms with Crippen LogP contribution in [0.15, 0.2) is 67.0 Å². The van der Waals surface area contributed by atoms with Gasteiger partial charge in [-0.3, -0.25) is 4.57 Å². The molecule has 0 aliphatic carbocycles. The van der Waals surface area contributed by atoms with Crippen molar-refractivity contribution in [2.24, 2.45) is 5.92 Å². The van der Waals surface area contributed by atoms with Crippen LogP contribution in [0.25, 0.3) is 11.2 Å². The number of nitrogens with one attached hydrogen (secondary N) is 1. The molecule has 9 heteroatoms. The molecule has 1 aliphatic rings. The molecule has 1 saturated heterocycles. The van der Waals surface area contributed by atoms with E-state index >= 15 is 0 Å². The van der Waals surface area contributed by atoms with Gasteiger partial charge in [-0.2, -0.15) is 9.97 Å². The summed E-state index contributed by atoms with van der Waals surface area (Å²) < 4.78 is 14.4. The Morgan fingerprint density at radius 1 is 1.14 bits per heavy atom. The number of rotatable bonds is 7. The Hall–Kier alpha value is -3.98. The molecule has 1 aliphatic heterocycles. The van der Waals surface area contributed by atoms with Crippen molar-refractivity contribution in [1.82, 2.24) is 19.5 Å². The number of carbonyl (C=O) groups excluding carboxylic acids is 1. The smallest absolute Gasteiger partial charge is 0.338 e. The summed E-state index contributed by atoms with van der Waals surface area (Å²) in [6, 6.07) is 19.0. The van der Waals surface area contributed by atoms with Gasteiger partial charge in [0.15, 0.2) is 28.8 Å². The summed E-state index contributed by atoms with van der Waals surface area (Å²) in [6.45, 7) is 6.56. The van der Waals surface area contributed by atoms with Gasteiger partial charge in [0.1, 0.15) is 0 Å². The highest BCUT2D eigenvalue weighted by Gasteiger charge is 2.55. The van der Waals surface area contributed by atoms with Gasteiger partial charge in [0.05, 0.1) is 18.0 Å². The zero-order valence-electron chi connectivity index (χ0n) is 20.6. The Balaban J connectivity index is 1.50. The Morgan fingerprint density at radius 2 is 1.83 bits per heavy atom. The van der Waals surface area contributed by atoms with Gasteiger partial charge in [0.25, 0.3) is 0 Å². The number of nitrogens with two attached hydrogens (primary N) is 1. The average Bonchev–Trinajstić information content (AvgIpc) is 3.41. The van der Waals surface area contributed by atoms with Gasteiger partial charge in [0.2, 0.25) is 5.95 Å². The minimum atomic E-state index is -0.974. The van der Waals surface area contributed by atoms with Gasteiger partial charge in [-0.1, -0.05) is 62.4 Å². The molecule has 9 nitrogen and oxygen atoms in total. The number of aromatic nitrogens is 4. The van der Waals surface area contributed by atoms with Crippen molar-refractivity contribution in [2.75, 3.05) is 11.1 Å². The number of hydrogen-bond acceptors (Lipinski definition) is 8. The number of esters is 1. The predicted molar refractivity (Wildman–Crippen MR) is 137 cm³/mol. The largest absolute Gasteiger partial charge is 0.451 e. The topological polar surface area (TPSA) is 117 Å². The molecule has 5 rings (SSSR count). The second-order valence-corrected chi connectivity index (χ2v) is 9.26. The lowest BCUT2D eigenvalue weighted by Crippen LogP contribution is -2.43. The number of benzene rings is 2. The van der Waals surface area contributed by atoms with Gasteiger partial charge in [-0.05, 0) is 31.0 Å². The third kappa shape index (κ3) is 4.26. The maximum absolute atomic E-state index is 13.1. The molecule has 0 bridgehead atoms. The molecule has 0 spiro atoms. The Bertz CT molecular complexity index is 1360. The maximum atomic E-state index is 13.1. The van der Waals surface area contributed by atoms with Gasteiger partial charge < -0.3 is 20.5 Å². The SMILES string of the molecule is CC[C@H]1O[C@@H](n2cnc3c(NCc4ccccc4)nc(N)nc32)[C@](C)(OC(=O)c2ccccc2)[C@@H]1C. The normalized spacial score (nSPS) is 23.6. The number of imidazole rings is 1. The molecule has 0 radical (unpaired) electrons. The fraction of sp³-hybridized carbons (Fsp3) is 0.333. The summed E-state index contributed by atoms with van der Waals surface area (Å²) in [7, 11) is 0. The minimum Gasteiger partial charge on any atom is -0.451 e. The van der Waals surface area contributed by atoms with E-state index in [9.17, 15) is 4.79 Å². The second kappa shape index (κ2) is 9.58. The van der Waals surface area contributed by atoms with Crippen molar-refractivity contribution in [3.8, 4) is 0 Å². The van der Waals surface area contributed by atoms with E-state index in [0.717, 1.165) is 12.0 Å². The molecule has 4 atom stereocenters. The molecule has 4 aromatic rings. The average molecular weight is 487 g/mol. The number of anilines is 2. The van der Waals surface area contributed by atoms with Crippen LogP contribution in [0.1, 0.15) is 49.3 Å². The van der Waals surface area contributed by atoms with E-state index < -0.39 is 17.8 Å². The van der Waals surface area contributed by atoms with Gasteiger partial charge in [0, 0.05) is 12.5 Å². The van der Waals surface area contributed by atoms with E-state index in [1.54, 1.807) is 23.0 Å². The highest BCUT2D eigenvalue weighted by molar-refractivity contribution is 5.89. The quantitative estimate of drug-likeness (QED) is 0.365. The molecular weight excluding hydrogens is 456 g/mol. The monoisotopic (exact) mass is 486 g/mol. The lowest BCUT2D eigenvalue weighted by Gasteiger charge is -2.34. The fourth-order valence-electron chi connectivity index (χ4n) is 4.79.